The number of amides is 4. The van der Waals surface area contributed by atoms with Crippen molar-refractivity contribution >= 4 is 35.1 Å². The van der Waals surface area contributed by atoms with E-state index in [2.05, 4.69) is 35.5 Å². The Morgan fingerprint density at radius 3 is 2.23 bits per heavy atom. The van der Waals surface area contributed by atoms with Gasteiger partial charge in [0.2, 0.25) is 11.8 Å². The van der Waals surface area contributed by atoms with Crippen LogP contribution in [0.15, 0.2) is 36.4 Å². The highest BCUT2D eigenvalue weighted by atomic mass is 16.2. The first-order valence-corrected chi connectivity index (χ1v) is 13.5. The molecule has 2 aromatic rings. The Morgan fingerprint density at radius 2 is 1.62 bits per heavy atom. The lowest BCUT2D eigenvalue weighted by Crippen LogP contribution is -2.52. The van der Waals surface area contributed by atoms with E-state index >= 15 is 0 Å². The Balaban J connectivity index is 1.04. The molecule has 4 N–H and O–H groups in total. The monoisotopic (exact) mass is 534 g/mol. The molecule has 3 aliphatic heterocycles. The minimum Gasteiger partial charge on any atom is -0.369 e. The van der Waals surface area contributed by atoms with Gasteiger partial charge in [-0.25, -0.2) is 0 Å². The van der Waals surface area contributed by atoms with Crippen molar-refractivity contribution in [3.05, 3.63) is 47.7 Å². The fraction of sp³-hybridized carbons (Fsp3) is 0.481. The molecular formula is C27H34N8O4. The van der Waals surface area contributed by atoms with E-state index in [0.29, 0.717) is 17.9 Å². The quantitative estimate of drug-likeness (QED) is 0.421. The summed E-state index contributed by atoms with van der Waals surface area (Å²) in [4.78, 5) is 54.1. The molecule has 1 unspecified atom stereocenters. The van der Waals surface area contributed by atoms with E-state index in [0.717, 1.165) is 70.2 Å². The number of imide groups is 1. The number of hydrogen-bond donors (Lipinski definition) is 3. The average Bonchev–Trinajstić information content (AvgIpc) is 2.95. The Kier molecular flexibility index (Phi) is 8.01. The van der Waals surface area contributed by atoms with Gasteiger partial charge in [0.15, 0.2) is 11.5 Å². The van der Waals surface area contributed by atoms with Crippen molar-refractivity contribution in [2.75, 3.05) is 55.6 Å². The first kappa shape index (κ1) is 26.5. The van der Waals surface area contributed by atoms with Crippen LogP contribution >= 0.6 is 0 Å². The standard InChI is InChI=1S/C27H34N8O4/c28-25(37)21-5-7-23(32-31-21)35-11-9-18(10-12-35)17-33-13-15-34(16-14-33)20-3-1-19(2-4-20)26(38)29-22-6-8-24(36)30-27(22)39/h1-5,7,18,22H,6,8-17H2,(H2,28,37)(H,29,38)(H,30,36,39). The van der Waals surface area contributed by atoms with Crippen molar-refractivity contribution in [1.29, 1.82) is 0 Å². The number of piperazine rings is 1. The summed E-state index contributed by atoms with van der Waals surface area (Å²) in [5.41, 5.74) is 6.99. The number of hydrogen-bond acceptors (Lipinski definition) is 9. The number of nitrogens with two attached hydrogens (primary N) is 1. The maximum atomic E-state index is 12.6. The van der Waals surface area contributed by atoms with E-state index in [1.165, 1.54) is 0 Å². The van der Waals surface area contributed by atoms with Crippen LogP contribution in [0.4, 0.5) is 11.5 Å². The Hall–Kier alpha value is -4.06. The zero-order chi connectivity index (χ0) is 27.4. The Bertz CT molecular complexity index is 1200. The number of piperidine rings is 2. The predicted octanol–water partition coefficient (Wildman–Crippen LogP) is 0.149. The molecule has 12 heteroatoms. The second-order valence-corrected chi connectivity index (χ2v) is 10.4. The maximum absolute atomic E-state index is 12.6. The second-order valence-electron chi connectivity index (χ2n) is 10.4. The van der Waals surface area contributed by atoms with E-state index in [-0.39, 0.29) is 23.9 Å². The Morgan fingerprint density at radius 1 is 0.897 bits per heavy atom. The van der Waals surface area contributed by atoms with Crippen molar-refractivity contribution in [3.63, 3.8) is 0 Å². The second kappa shape index (κ2) is 11.8. The third kappa shape index (κ3) is 6.51. The number of aromatic nitrogens is 2. The summed E-state index contributed by atoms with van der Waals surface area (Å²) < 4.78 is 0. The number of primary amides is 1. The average molecular weight is 535 g/mol. The molecule has 4 heterocycles. The van der Waals surface area contributed by atoms with Gasteiger partial charge in [-0.15, -0.1) is 10.2 Å². The van der Waals surface area contributed by atoms with Crippen LogP contribution < -0.4 is 26.2 Å². The molecule has 0 spiro atoms. The highest BCUT2D eigenvalue weighted by Gasteiger charge is 2.28. The van der Waals surface area contributed by atoms with Crippen molar-refractivity contribution in [1.82, 2.24) is 25.7 Å². The summed E-state index contributed by atoms with van der Waals surface area (Å²) in [6, 6.07) is 10.2. The minimum atomic E-state index is -0.682. The van der Waals surface area contributed by atoms with Crippen LogP contribution in [0.1, 0.15) is 46.5 Å². The number of carbonyl (C=O) groups excluding carboxylic acids is 4. The number of benzene rings is 1. The van der Waals surface area contributed by atoms with Gasteiger partial charge < -0.3 is 20.9 Å². The van der Waals surface area contributed by atoms with Crippen molar-refractivity contribution in [3.8, 4) is 0 Å². The topological polar surface area (TPSA) is 154 Å². The first-order valence-electron chi connectivity index (χ1n) is 13.5. The van der Waals surface area contributed by atoms with Crippen LogP contribution in [0.5, 0.6) is 0 Å². The lowest BCUT2D eigenvalue weighted by Gasteiger charge is -2.39. The van der Waals surface area contributed by atoms with E-state index < -0.39 is 17.9 Å². The van der Waals surface area contributed by atoms with Crippen LogP contribution in [0.3, 0.4) is 0 Å². The molecule has 4 amide bonds. The van der Waals surface area contributed by atoms with Gasteiger partial charge in [-0.1, -0.05) is 0 Å². The summed E-state index contributed by atoms with van der Waals surface area (Å²) in [6.07, 6.45) is 2.71. The third-order valence-electron chi connectivity index (χ3n) is 7.77. The first-order chi connectivity index (χ1) is 18.9. The maximum Gasteiger partial charge on any atom is 0.269 e. The summed E-state index contributed by atoms with van der Waals surface area (Å²) >= 11 is 0. The molecule has 3 saturated heterocycles. The van der Waals surface area contributed by atoms with Gasteiger partial charge in [0, 0.05) is 63.5 Å². The lowest BCUT2D eigenvalue weighted by atomic mass is 9.96. The molecule has 1 aromatic heterocycles. The largest absolute Gasteiger partial charge is 0.369 e. The predicted molar refractivity (Wildman–Crippen MR) is 144 cm³/mol. The zero-order valence-electron chi connectivity index (χ0n) is 21.8. The molecule has 39 heavy (non-hydrogen) atoms. The van der Waals surface area contributed by atoms with Gasteiger partial charge in [0.05, 0.1) is 0 Å². The van der Waals surface area contributed by atoms with Gasteiger partial charge in [-0.2, -0.15) is 0 Å². The molecular weight excluding hydrogens is 500 g/mol. The molecule has 3 fully saturated rings. The van der Waals surface area contributed by atoms with Crippen LogP contribution in [-0.2, 0) is 9.59 Å². The van der Waals surface area contributed by atoms with E-state index in [1.54, 1.807) is 18.2 Å². The number of rotatable bonds is 7. The van der Waals surface area contributed by atoms with Crippen LogP contribution in [0.25, 0.3) is 0 Å². The highest BCUT2D eigenvalue weighted by molar-refractivity contribution is 6.03. The molecule has 12 nitrogen and oxygen atoms in total. The molecule has 206 valence electrons. The van der Waals surface area contributed by atoms with Crippen molar-refractivity contribution in [2.45, 2.75) is 31.7 Å². The molecule has 0 bridgehead atoms. The van der Waals surface area contributed by atoms with Gasteiger partial charge in [0.1, 0.15) is 6.04 Å². The molecule has 0 aliphatic carbocycles. The van der Waals surface area contributed by atoms with E-state index in [9.17, 15) is 19.2 Å². The molecule has 5 rings (SSSR count). The van der Waals surface area contributed by atoms with Gasteiger partial charge in [-0.3, -0.25) is 29.4 Å². The molecule has 1 aromatic carbocycles. The normalized spacial score (nSPS) is 21.0. The van der Waals surface area contributed by atoms with E-state index in [1.807, 2.05) is 18.2 Å². The molecule has 0 saturated carbocycles. The summed E-state index contributed by atoms with van der Waals surface area (Å²) in [5, 5.41) is 13.0. The lowest BCUT2D eigenvalue weighted by molar-refractivity contribution is -0.134. The number of nitrogens with one attached hydrogen (secondary N) is 2. The summed E-state index contributed by atoms with van der Waals surface area (Å²) in [7, 11) is 0. The van der Waals surface area contributed by atoms with Crippen molar-refractivity contribution < 1.29 is 19.2 Å². The van der Waals surface area contributed by atoms with Crippen LogP contribution in [0.2, 0.25) is 0 Å². The van der Waals surface area contributed by atoms with Gasteiger partial charge in [0.25, 0.3) is 11.8 Å². The zero-order valence-corrected chi connectivity index (χ0v) is 21.8. The minimum absolute atomic E-state index is 0.180. The fourth-order valence-corrected chi connectivity index (χ4v) is 5.42. The number of nitrogens with zero attached hydrogens (tertiary/aromatic N) is 5. The summed E-state index contributed by atoms with van der Waals surface area (Å²) in [5.74, 6) is -0.230. The molecule has 1 atom stereocenters. The highest BCUT2D eigenvalue weighted by Crippen LogP contribution is 2.24. The number of anilines is 2. The van der Waals surface area contributed by atoms with Crippen molar-refractivity contribution in [2.24, 2.45) is 11.7 Å². The van der Waals surface area contributed by atoms with Crippen LogP contribution in [0, 0.1) is 5.92 Å². The van der Waals surface area contributed by atoms with E-state index in [4.69, 9.17) is 5.73 Å². The SMILES string of the molecule is NC(=O)c1ccc(N2CCC(CN3CCN(c4ccc(C(=O)NC5CCC(=O)NC5=O)cc4)CC3)CC2)nn1. The van der Waals surface area contributed by atoms with Gasteiger partial charge >= 0.3 is 0 Å². The number of carbonyl (C=O) groups is 4. The molecule has 0 radical (unpaired) electrons. The van der Waals surface area contributed by atoms with Crippen LogP contribution in [-0.4, -0.2) is 90.6 Å². The third-order valence-corrected chi connectivity index (χ3v) is 7.77. The summed E-state index contributed by atoms with van der Waals surface area (Å²) in [6.45, 7) is 6.71. The fourth-order valence-electron chi connectivity index (χ4n) is 5.42. The Labute approximate surface area is 226 Å². The van der Waals surface area contributed by atoms with Gasteiger partial charge in [-0.05, 0) is 61.6 Å². The smallest absolute Gasteiger partial charge is 0.269 e. The molecule has 3 aliphatic rings.